The van der Waals surface area contributed by atoms with Crippen LogP contribution in [0.5, 0.6) is 0 Å². The van der Waals surface area contributed by atoms with Gasteiger partial charge in [-0.1, -0.05) is 25.3 Å². The summed E-state index contributed by atoms with van der Waals surface area (Å²) in [6.07, 6.45) is 6.54. The van der Waals surface area contributed by atoms with Crippen molar-refractivity contribution in [3.63, 3.8) is 0 Å². The van der Waals surface area contributed by atoms with Gasteiger partial charge in [-0.15, -0.1) is 11.6 Å². The normalized spacial score (nSPS) is 18.4. The van der Waals surface area contributed by atoms with E-state index in [4.69, 9.17) is 16.0 Å². The Bertz CT molecular complexity index is 658. The van der Waals surface area contributed by atoms with Crippen LogP contribution in [0, 0.1) is 0 Å². The first-order chi connectivity index (χ1) is 10.1. The fraction of sp³-hybridized carbons (Fsp3) is 0.562. The number of oxazole rings is 1. The molecule has 3 rings (SSSR count). The molecule has 1 N–H and O–H groups in total. The minimum atomic E-state index is -0.424. The second kappa shape index (κ2) is 6.24. The Kier molecular flexibility index (Phi) is 4.36. The molecule has 1 saturated carbocycles. The van der Waals surface area contributed by atoms with E-state index in [9.17, 15) is 4.79 Å². The zero-order valence-corrected chi connectivity index (χ0v) is 13.0. The van der Waals surface area contributed by atoms with Crippen LogP contribution in [0.1, 0.15) is 43.0 Å². The summed E-state index contributed by atoms with van der Waals surface area (Å²) < 4.78 is 5.10. The van der Waals surface area contributed by atoms with Crippen LogP contribution in [0.2, 0.25) is 0 Å². The number of rotatable bonds is 4. The van der Waals surface area contributed by atoms with Gasteiger partial charge < -0.3 is 9.32 Å². The van der Waals surface area contributed by atoms with Gasteiger partial charge in [-0.25, -0.2) is 4.79 Å². The Balaban J connectivity index is 1.70. The average molecular weight is 309 g/mol. The molecule has 0 aliphatic heterocycles. The van der Waals surface area contributed by atoms with Crippen molar-refractivity contribution < 1.29 is 4.42 Å². The van der Waals surface area contributed by atoms with Gasteiger partial charge in [-0.2, -0.15) is 0 Å². The van der Waals surface area contributed by atoms with Crippen LogP contribution in [0.4, 0.5) is 0 Å². The number of halogens is 1. The van der Waals surface area contributed by atoms with Crippen molar-refractivity contribution in [2.75, 3.05) is 13.6 Å². The molecule has 1 unspecified atom stereocenters. The summed E-state index contributed by atoms with van der Waals surface area (Å²) in [5, 5.41) is -0.0958. The van der Waals surface area contributed by atoms with E-state index in [1.807, 2.05) is 18.2 Å². The lowest BCUT2D eigenvalue weighted by atomic mass is 9.94. The summed E-state index contributed by atoms with van der Waals surface area (Å²) in [6, 6.07) is 6.32. The first-order valence-electron chi connectivity index (χ1n) is 7.60. The Morgan fingerprint density at radius 2 is 2.14 bits per heavy atom. The number of aromatic nitrogens is 1. The van der Waals surface area contributed by atoms with Gasteiger partial charge in [0.15, 0.2) is 5.58 Å². The molecule has 0 bridgehead atoms. The van der Waals surface area contributed by atoms with Crippen LogP contribution in [0.25, 0.3) is 11.1 Å². The molecule has 1 heterocycles. The van der Waals surface area contributed by atoms with Gasteiger partial charge in [0.1, 0.15) is 0 Å². The van der Waals surface area contributed by atoms with Crippen molar-refractivity contribution >= 4 is 22.7 Å². The first-order valence-corrected chi connectivity index (χ1v) is 8.04. The number of benzene rings is 1. The van der Waals surface area contributed by atoms with E-state index >= 15 is 0 Å². The number of H-pyrrole nitrogens is 1. The molecule has 5 heteroatoms. The summed E-state index contributed by atoms with van der Waals surface area (Å²) in [4.78, 5) is 16.2. The molecule has 1 aliphatic carbocycles. The monoisotopic (exact) mass is 308 g/mol. The van der Waals surface area contributed by atoms with E-state index in [0.717, 1.165) is 12.1 Å². The molecule has 21 heavy (non-hydrogen) atoms. The first kappa shape index (κ1) is 14.7. The maximum absolute atomic E-state index is 11.2. The van der Waals surface area contributed by atoms with Gasteiger partial charge in [0.05, 0.1) is 10.9 Å². The summed E-state index contributed by atoms with van der Waals surface area (Å²) in [6.45, 7) is 0.812. The topological polar surface area (TPSA) is 49.2 Å². The van der Waals surface area contributed by atoms with E-state index in [-0.39, 0.29) is 5.38 Å². The van der Waals surface area contributed by atoms with Crippen molar-refractivity contribution in [3.8, 4) is 0 Å². The predicted molar refractivity (Wildman–Crippen MR) is 84.9 cm³/mol. The number of likely N-dealkylation sites (N-methyl/N-ethyl adjacent to an activating group) is 1. The molecule has 1 fully saturated rings. The lowest BCUT2D eigenvalue weighted by molar-refractivity contribution is 0.192. The number of alkyl halides is 1. The molecule has 0 radical (unpaired) electrons. The highest BCUT2D eigenvalue weighted by molar-refractivity contribution is 6.21. The van der Waals surface area contributed by atoms with E-state index in [1.165, 1.54) is 32.1 Å². The van der Waals surface area contributed by atoms with Crippen LogP contribution in [0.15, 0.2) is 27.4 Å². The third-order valence-electron chi connectivity index (χ3n) is 4.45. The fourth-order valence-corrected chi connectivity index (χ4v) is 3.54. The molecule has 114 valence electrons. The molecular weight excluding hydrogens is 288 g/mol. The zero-order chi connectivity index (χ0) is 14.8. The van der Waals surface area contributed by atoms with Gasteiger partial charge in [0.25, 0.3) is 0 Å². The molecule has 4 nitrogen and oxygen atoms in total. The highest BCUT2D eigenvalue weighted by Gasteiger charge is 2.21. The lowest BCUT2D eigenvalue weighted by Gasteiger charge is -2.32. The third kappa shape index (κ3) is 3.33. The second-order valence-corrected chi connectivity index (χ2v) is 6.50. The van der Waals surface area contributed by atoms with E-state index in [2.05, 4.69) is 16.9 Å². The van der Waals surface area contributed by atoms with E-state index < -0.39 is 5.76 Å². The number of hydrogen-bond donors (Lipinski definition) is 1. The van der Waals surface area contributed by atoms with Crippen LogP contribution < -0.4 is 5.76 Å². The molecular formula is C16H21ClN2O2. The molecule has 2 aromatic rings. The molecule has 1 aromatic heterocycles. The Hall–Kier alpha value is -1.26. The number of fused-ring (bicyclic) bond motifs is 1. The molecule has 0 saturated heterocycles. The third-order valence-corrected chi connectivity index (χ3v) is 4.84. The number of hydrogen-bond acceptors (Lipinski definition) is 3. The van der Waals surface area contributed by atoms with Gasteiger partial charge >= 0.3 is 5.76 Å². The molecule has 0 amide bonds. The number of aromatic amines is 1. The van der Waals surface area contributed by atoms with Crippen LogP contribution in [-0.4, -0.2) is 29.5 Å². The fourth-order valence-electron chi connectivity index (χ4n) is 3.19. The molecule has 0 spiro atoms. The van der Waals surface area contributed by atoms with Gasteiger partial charge in [0.2, 0.25) is 0 Å². The minimum Gasteiger partial charge on any atom is -0.408 e. The van der Waals surface area contributed by atoms with Gasteiger partial charge in [-0.3, -0.25) is 4.98 Å². The molecule has 1 aliphatic rings. The maximum atomic E-state index is 11.2. The van der Waals surface area contributed by atoms with Crippen molar-refractivity contribution in [1.29, 1.82) is 0 Å². The standard InChI is InChI=1S/C16H21ClN2O2/c1-19(12-5-3-2-4-6-12)10-13(17)11-7-8-14-15(9-11)21-16(20)18-14/h7-9,12-13H,2-6,10H2,1H3,(H,18,20). The summed E-state index contributed by atoms with van der Waals surface area (Å²) in [5.74, 6) is -0.424. The van der Waals surface area contributed by atoms with Gasteiger partial charge in [0, 0.05) is 12.6 Å². The Labute approximate surface area is 129 Å². The number of nitrogens with one attached hydrogen (secondary N) is 1. The Morgan fingerprint density at radius 1 is 1.38 bits per heavy atom. The van der Waals surface area contributed by atoms with Crippen LogP contribution in [-0.2, 0) is 0 Å². The average Bonchev–Trinajstić information content (AvgIpc) is 2.87. The largest absolute Gasteiger partial charge is 0.417 e. The highest BCUT2D eigenvalue weighted by atomic mass is 35.5. The van der Waals surface area contributed by atoms with Crippen molar-refractivity contribution in [2.45, 2.75) is 43.5 Å². The van der Waals surface area contributed by atoms with Crippen LogP contribution >= 0.6 is 11.6 Å². The lowest BCUT2D eigenvalue weighted by Crippen LogP contribution is -2.35. The number of nitrogens with zero attached hydrogens (tertiary/aromatic N) is 1. The van der Waals surface area contributed by atoms with Gasteiger partial charge in [-0.05, 0) is 37.6 Å². The highest BCUT2D eigenvalue weighted by Crippen LogP contribution is 2.28. The van der Waals surface area contributed by atoms with Crippen molar-refractivity contribution in [2.24, 2.45) is 0 Å². The van der Waals surface area contributed by atoms with Crippen LogP contribution in [0.3, 0.4) is 0 Å². The molecule has 1 atom stereocenters. The zero-order valence-electron chi connectivity index (χ0n) is 12.3. The quantitative estimate of drug-likeness (QED) is 0.877. The SMILES string of the molecule is CN(CC(Cl)c1ccc2[nH]c(=O)oc2c1)C1CCCCC1. The van der Waals surface area contributed by atoms with E-state index in [1.54, 1.807) is 0 Å². The van der Waals surface area contributed by atoms with Crippen molar-refractivity contribution in [1.82, 2.24) is 9.88 Å². The van der Waals surface area contributed by atoms with E-state index in [0.29, 0.717) is 17.1 Å². The maximum Gasteiger partial charge on any atom is 0.417 e. The molecule has 1 aromatic carbocycles. The summed E-state index contributed by atoms with van der Waals surface area (Å²) >= 11 is 6.56. The second-order valence-electron chi connectivity index (χ2n) is 5.97. The summed E-state index contributed by atoms with van der Waals surface area (Å²) in [5.41, 5.74) is 2.28. The summed E-state index contributed by atoms with van der Waals surface area (Å²) in [7, 11) is 2.15. The minimum absolute atomic E-state index is 0.0958. The Morgan fingerprint density at radius 3 is 2.90 bits per heavy atom. The van der Waals surface area contributed by atoms with Crippen molar-refractivity contribution in [3.05, 3.63) is 34.3 Å². The predicted octanol–water partition coefficient (Wildman–Crippen LogP) is 3.67. The smallest absolute Gasteiger partial charge is 0.408 e.